The van der Waals surface area contributed by atoms with Crippen molar-refractivity contribution in [3.05, 3.63) is 69.9 Å². The fourth-order valence-corrected chi connectivity index (χ4v) is 6.45. The van der Waals surface area contributed by atoms with E-state index < -0.39 is 0 Å². The fraction of sp³-hybridized carbons (Fsp3) is 0.419. The quantitative estimate of drug-likeness (QED) is 0.136. The van der Waals surface area contributed by atoms with Gasteiger partial charge in [-0.05, 0) is 67.1 Å². The van der Waals surface area contributed by atoms with E-state index in [4.69, 9.17) is 30.8 Å². The van der Waals surface area contributed by atoms with Gasteiger partial charge in [-0.15, -0.1) is 0 Å². The zero-order valence-corrected chi connectivity index (χ0v) is 25.7. The van der Waals surface area contributed by atoms with E-state index in [2.05, 4.69) is 9.88 Å². The maximum atomic E-state index is 13.3. The van der Waals surface area contributed by atoms with Crippen molar-refractivity contribution in [3.63, 3.8) is 0 Å². The molecule has 1 atom stereocenters. The van der Waals surface area contributed by atoms with Crippen molar-refractivity contribution < 1.29 is 23.8 Å². The van der Waals surface area contributed by atoms with Gasteiger partial charge in [0.25, 0.3) is 5.91 Å². The van der Waals surface area contributed by atoms with Crippen molar-refractivity contribution in [3.8, 4) is 11.5 Å². The number of aromatic nitrogens is 2. The Morgan fingerprint density at radius 2 is 1.83 bits per heavy atom. The smallest absolute Gasteiger partial charge is 0.310 e. The zero-order valence-electron chi connectivity index (χ0n) is 24.1. The lowest BCUT2D eigenvalue weighted by atomic mass is 9.97. The monoisotopic (exact) mass is 610 g/mol. The molecule has 0 saturated carbocycles. The Labute approximate surface area is 255 Å². The number of hydrogen-bond acceptors (Lipinski definition) is 9. The third-order valence-corrected chi connectivity index (χ3v) is 8.69. The fourth-order valence-electron chi connectivity index (χ4n) is 5.43. The number of halogens is 1. The average molecular weight is 611 g/mol. The second kappa shape index (κ2) is 13.6. The summed E-state index contributed by atoms with van der Waals surface area (Å²) in [5.74, 6) is 2.21. The van der Waals surface area contributed by atoms with Crippen LogP contribution >= 0.6 is 23.4 Å². The van der Waals surface area contributed by atoms with E-state index >= 15 is 0 Å². The molecule has 0 aliphatic carbocycles. The predicted octanol–water partition coefficient (Wildman–Crippen LogP) is 5.42. The van der Waals surface area contributed by atoms with Crippen molar-refractivity contribution in [2.45, 2.75) is 43.6 Å². The first-order valence-corrected chi connectivity index (χ1v) is 15.5. The molecule has 5 rings (SSSR count). The third-order valence-electron chi connectivity index (χ3n) is 7.57. The van der Waals surface area contributed by atoms with E-state index in [0.29, 0.717) is 53.6 Å². The molecule has 11 heteroatoms. The largest absolute Gasteiger partial charge is 0.493 e. The van der Waals surface area contributed by atoms with Crippen LogP contribution in [0.5, 0.6) is 11.5 Å². The maximum absolute atomic E-state index is 13.3. The van der Waals surface area contributed by atoms with E-state index in [1.165, 1.54) is 17.3 Å². The van der Waals surface area contributed by atoms with Crippen LogP contribution in [0.3, 0.4) is 0 Å². The second-order valence-corrected chi connectivity index (χ2v) is 11.6. The van der Waals surface area contributed by atoms with Gasteiger partial charge < -0.3 is 24.0 Å². The summed E-state index contributed by atoms with van der Waals surface area (Å²) < 4.78 is 16.1. The van der Waals surface area contributed by atoms with E-state index in [9.17, 15) is 9.59 Å². The first-order valence-electron chi connectivity index (χ1n) is 14.1. The Kier molecular flexibility index (Phi) is 9.74. The van der Waals surface area contributed by atoms with Crippen molar-refractivity contribution in [2.24, 2.45) is 5.92 Å². The first-order chi connectivity index (χ1) is 20.4. The highest BCUT2D eigenvalue weighted by atomic mass is 35.5. The number of carbonyl (C=O) groups is 2. The Hall–Kier alpha value is -3.50. The molecule has 1 saturated heterocycles. The van der Waals surface area contributed by atoms with Gasteiger partial charge in [0.05, 0.1) is 26.7 Å². The van der Waals surface area contributed by atoms with Crippen LogP contribution in [0.1, 0.15) is 46.8 Å². The van der Waals surface area contributed by atoms with Gasteiger partial charge in [0.1, 0.15) is 11.0 Å². The van der Waals surface area contributed by atoms with Crippen molar-refractivity contribution >= 4 is 41.1 Å². The van der Waals surface area contributed by atoms with Crippen LogP contribution in [0.25, 0.3) is 0 Å². The minimum atomic E-state index is -0.270. The predicted molar refractivity (Wildman–Crippen MR) is 163 cm³/mol. The molecule has 3 heterocycles. The standard InChI is InChI=1S/C31H35ClN4O5S/c1-4-41-30(38)23-9-6-11-36(17-23)29(37)22-8-5-7-20(13-22)19-42-31-33-27(32)16-28(34-31)35-12-10-21-14-25(39-2)26(40-3)15-24(21)18-35/h5,7-8,13-16,23H,4,6,9-12,17-19H2,1-3H3. The molecule has 222 valence electrons. The number of likely N-dealkylation sites (tertiary alicyclic amines) is 1. The molecule has 1 fully saturated rings. The van der Waals surface area contributed by atoms with Gasteiger partial charge in [0.15, 0.2) is 16.7 Å². The number of carbonyl (C=O) groups excluding carboxylic acids is 2. The van der Waals surface area contributed by atoms with Gasteiger partial charge in [0, 0.05) is 43.6 Å². The molecule has 0 radical (unpaired) electrons. The number of ether oxygens (including phenoxy) is 3. The molecule has 1 aromatic heterocycles. The summed E-state index contributed by atoms with van der Waals surface area (Å²) in [5.41, 5.74) is 3.97. The Balaban J connectivity index is 1.25. The third kappa shape index (κ3) is 6.93. The number of piperidine rings is 1. The van der Waals surface area contributed by atoms with Crippen LogP contribution in [-0.4, -0.2) is 67.2 Å². The molecule has 42 heavy (non-hydrogen) atoms. The highest BCUT2D eigenvalue weighted by molar-refractivity contribution is 7.98. The number of hydrogen-bond donors (Lipinski definition) is 0. The molecule has 0 N–H and O–H groups in total. The highest BCUT2D eigenvalue weighted by Gasteiger charge is 2.30. The Morgan fingerprint density at radius 1 is 1.05 bits per heavy atom. The van der Waals surface area contributed by atoms with Gasteiger partial charge in [-0.2, -0.15) is 0 Å². The molecule has 2 aliphatic rings. The van der Waals surface area contributed by atoms with Gasteiger partial charge in [-0.25, -0.2) is 9.97 Å². The molecule has 9 nitrogen and oxygen atoms in total. The van der Waals surface area contributed by atoms with Gasteiger partial charge in [0.2, 0.25) is 0 Å². The minimum absolute atomic E-state index is 0.0724. The summed E-state index contributed by atoms with van der Waals surface area (Å²) in [7, 11) is 3.28. The molecule has 0 bridgehead atoms. The molecule has 1 amide bonds. The summed E-state index contributed by atoms with van der Waals surface area (Å²) >= 11 is 7.91. The van der Waals surface area contributed by atoms with E-state index in [-0.39, 0.29) is 17.8 Å². The summed E-state index contributed by atoms with van der Waals surface area (Å²) in [6.07, 6.45) is 2.37. The van der Waals surface area contributed by atoms with Crippen LogP contribution in [-0.2, 0) is 28.2 Å². The van der Waals surface area contributed by atoms with E-state index in [1.807, 2.05) is 36.4 Å². The zero-order chi connectivity index (χ0) is 29.6. The molecule has 2 aromatic carbocycles. The summed E-state index contributed by atoms with van der Waals surface area (Å²) in [6.45, 7) is 4.62. The molecule has 3 aromatic rings. The SMILES string of the molecule is CCOC(=O)C1CCCN(C(=O)c2cccc(CSc3nc(Cl)cc(N4CCc5cc(OC)c(OC)cc5C4)n3)c2)C1. The van der Waals surface area contributed by atoms with E-state index in [0.717, 1.165) is 48.5 Å². The highest BCUT2D eigenvalue weighted by Crippen LogP contribution is 2.35. The number of amides is 1. The molecule has 1 unspecified atom stereocenters. The summed E-state index contributed by atoms with van der Waals surface area (Å²) in [5, 5.41) is 0.950. The summed E-state index contributed by atoms with van der Waals surface area (Å²) in [4.78, 5) is 38.7. The van der Waals surface area contributed by atoms with Crippen molar-refractivity contribution in [1.82, 2.24) is 14.9 Å². The lowest BCUT2D eigenvalue weighted by Gasteiger charge is -2.31. The van der Waals surface area contributed by atoms with Gasteiger partial charge >= 0.3 is 5.97 Å². The molecule has 2 aliphatic heterocycles. The molecule has 0 spiro atoms. The van der Waals surface area contributed by atoms with Crippen LogP contribution in [0.4, 0.5) is 5.82 Å². The molecular formula is C31H35ClN4O5S. The first kappa shape index (κ1) is 30.0. The molecular weight excluding hydrogens is 576 g/mol. The number of rotatable bonds is 9. The number of fused-ring (bicyclic) bond motifs is 1. The van der Waals surface area contributed by atoms with Crippen molar-refractivity contribution in [1.29, 1.82) is 0 Å². The number of nitrogens with zero attached hydrogens (tertiary/aromatic N) is 4. The Bertz CT molecular complexity index is 1450. The lowest BCUT2D eigenvalue weighted by molar-refractivity contribution is -0.149. The van der Waals surface area contributed by atoms with Crippen molar-refractivity contribution in [2.75, 3.05) is 45.4 Å². The Morgan fingerprint density at radius 3 is 2.60 bits per heavy atom. The topological polar surface area (TPSA) is 94.1 Å². The van der Waals surface area contributed by atoms with E-state index in [1.54, 1.807) is 32.1 Å². The van der Waals surface area contributed by atoms with Crippen LogP contribution in [0.15, 0.2) is 47.6 Å². The maximum Gasteiger partial charge on any atom is 0.310 e. The number of thioether (sulfide) groups is 1. The van der Waals surface area contributed by atoms with Gasteiger partial charge in [-0.1, -0.05) is 35.5 Å². The number of anilines is 1. The number of esters is 1. The minimum Gasteiger partial charge on any atom is -0.493 e. The average Bonchev–Trinajstić information content (AvgIpc) is 3.02. The van der Waals surface area contributed by atoms with Gasteiger partial charge in [-0.3, -0.25) is 9.59 Å². The lowest BCUT2D eigenvalue weighted by Crippen LogP contribution is -2.42. The normalized spacial score (nSPS) is 16.5. The van der Waals surface area contributed by atoms with Crippen LogP contribution in [0, 0.1) is 5.92 Å². The number of benzene rings is 2. The number of methoxy groups -OCH3 is 2. The van der Waals surface area contributed by atoms with Crippen LogP contribution < -0.4 is 14.4 Å². The summed E-state index contributed by atoms with van der Waals surface area (Å²) in [6, 6.07) is 13.4. The second-order valence-electron chi connectivity index (χ2n) is 10.3. The van der Waals surface area contributed by atoms with Crippen LogP contribution in [0.2, 0.25) is 5.15 Å².